The molecule has 1 aliphatic carbocycles. The Morgan fingerprint density at radius 3 is 2.56 bits per heavy atom. The molecule has 5 heteroatoms. The van der Waals surface area contributed by atoms with Gasteiger partial charge < -0.3 is 9.80 Å². The first-order chi connectivity index (χ1) is 13.0. The van der Waals surface area contributed by atoms with Gasteiger partial charge >= 0.3 is 0 Å². The lowest BCUT2D eigenvalue weighted by Crippen LogP contribution is -2.42. The van der Waals surface area contributed by atoms with Gasteiger partial charge in [-0.3, -0.25) is 9.89 Å². The van der Waals surface area contributed by atoms with Crippen molar-refractivity contribution in [2.24, 2.45) is 5.92 Å². The fraction of sp³-hybridized carbons (Fsp3) is 0.818. The van der Waals surface area contributed by atoms with E-state index in [1.807, 2.05) is 6.20 Å². The number of carbonyl (C=O) groups is 1. The van der Waals surface area contributed by atoms with E-state index in [2.05, 4.69) is 54.7 Å². The monoisotopic (exact) mass is 376 g/mol. The predicted octanol–water partition coefficient (Wildman–Crippen LogP) is 4.56. The third-order valence-corrected chi connectivity index (χ3v) is 5.87. The molecule has 1 saturated carbocycles. The van der Waals surface area contributed by atoms with Crippen molar-refractivity contribution in [3.63, 3.8) is 0 Å². The largest absolute Gasteiger partial charge is 0.340 e. The van der Waals surface area contributed by atoms with Crippen molar-refractivity contribution in [3.05, 3.63) is 17.5 Å². The summed E-state index contributed by atoms with van der Waals surface area (Å²) in [5.74, 6) is 1.31. The predicted molar refractivity (Wildman–Crippen MR) is 112 cm³/mol. The maximum Gasteiger partial charge on any atom is 0.223 e. The Bertz CT molecular complexity index is 560. The van der Waals surface area contributed by atoms with E-state index in [-0.39, 0.29) is 0 Å². The smallest absolute Gasteiger partial charge is 0.223 e. The van der Waals surface area contributed by atoms with Gasteiger partial charge in [-0.05, 0) is 58.5 Å². The average molecular weight is 377 g/mol. The molecule has 0 radical (unpaired) electrons. The Kier molecular flexibility index (Phi) is 8.81. The topological polar surface area (TPSA) is 52.2 Å². The average Bonchev–Trinajstić information content (AvgIpc) is 3.08. The molecule has 1 aromatic rings. The van der Waals surface area contributed by atoms with Gasteiger partial charge in [0.25, 0.3) is 0 Å². The standard InChI is InChI=1S/C22H40N4O/c1-6-8-13-25(5)16-19-15-23-24-22(19)18-9-11-20(12-10-18)26(7-2)21(27)14-17(3)4/h15,17-18,20H,6-14,16H2,1-5H3,(H,23,24). The van der Waals surface area contributed by atoms with Gasteiger partial charge in [0.2, 0.25) is 5.91 Å². The molecule has 5 nitrogen and oxygen atoms in total. The van der Waals surface area contributed by atoms with Crippen molar-refractivity contribution in [2.45, 2.75) is 91.1 Å². The summed E-state index contributed by atoms with van der Waals surface area (Å²) < 4.78 is 0. The van der Waals surface area contributed by atoms with Crippen LogP contribution in [0.1, 0.15) is 89.8 Å². The van der Waals surface area contributed by atoms with E-state index < -0.39 is 0 Å². The zero-order valence-electron chi connectivity index (χ0n) is 18.1. The van der Waals surface area contributed by atoms with Crippen molar-refractivity contribution in [3.8, 4) is 0 Å². The van der Waals surface area contributed by atoms with Crippen LogP contribution in [-0.2, 0) is 11.3 Å². The molecule has 2 rings (SSSR count). The Hall–Kier alpha value is -1.36. The molecular weight excluding hydrogens is 336 g/mol. The molecule has 1 aliphatic rings. The normalized spacial score (nSPS) is 20.4. The molecular formula is C22H40N4O. The highest BCUT2D eigenvalue weighted by molar-refractivity contribution is 5.76. The van der Waals surface area contributed by atoms with Crippen LogP contribution in [0.3, 0.4) is 0 Å². The number of nitrogens with one attached hydrogen (secondary N) is 1. The molecule has 0 aromatic carbocycles. The summed E-state index contributed by atoms with van der Waals surface area (Å²) in [6.45, 7) is 11.5. The summed E-state index contributed by atoms with van der Waals surface area (Å²) in [6, 6.07) is 0.413. The van der Waals surface area contributed by atoms with Gasteiger partial charge in [-0.15, -0.1) is 0 Å². The third kappa shape index (κ3) is 6.34. The van der Waals surface area contributed by atoms with Crippen LogP contribution in [0.5, 0.6) is 0 Å². The van der Waals surface area contributed by atoms with E-state index in [1.165, 1.54) is 24.1 Å². The van der Waals surface area contributed by atoms with E-state index >= 15 is 0 Å². The fourth-order valence-electron chi connectivity index (χ4n) is 4.38. The molecule has 1 heterocycles. The fourth-order valence-corrected chi connectivity index (χ4v) is 4.38. The Morgan fingerprint density at radius 1 is 1.26 bits per heavy atom. The number of unbranched alkanes of at least 4 members (excludes halogenated alkanes) is 1. The minimum absolute atomic E-state index is 0.329. The van der Waals surface area contributed by atoms with Crippen LogP contribution < -0.4 is 0 Å². The number of aromatic amines is 1. The van der Waals surface area contributed by atoms with Gasteiger partial charge in [-0.2, -0.15) is 5.10 Å². The van der Waals surface area contributed by atoms with Gasteiger partial charge in [-0.1, -0.05) is 27.2 Å². The molecule has 0 saturated heterocycles. The SMILES string of the molecule is CCCCN(C)Cc1cn[nH]c1C1CCC(N(CC)C(=O)CC(C)C)CC1. The minimum atomic E-state index is 0.329. The van der Waals surface area contributed by atoms with Gasteiger partial charge in [-0.25, -0.2) is 0 Å². The highest BCUT2D eigenvalue weighted by Gasteiger charge is 2.30. The molecule has 0 bridgehead atoms. The van der Waals surface area contributed by atoms with E-state index in [0.717, 1.165) is 45.3 Å². The van der Waals surface area contributed by atoms with E-state index in [0.29, 0.717) is 30.2 Å². The quantitative estimate of drug-likeness (QED) is 0.651. The molecule has 154 valence electrons. The second-order valence-electron chi connectivity index (χ2n) is 8.68. The van der Waals surface area contributed by atoms with Crippen molar-refractivity contribution < 1.29 is 4.79 Å². The molecule has 0 spiro atoms. The summed E-state index contributed by atoms with van der Waals surface area (Å²) >= 11 is 0. The molecule has 27 heavy (non-hydrogen) atoms. The first-order valence-corrected chi connectivity index (χ1v) is 11.0. The van der Waals surface area contributed by atoms with Crippen LogP contribution in [0.15, 0.2) is 6.20 Å². The second kappa shape index (κ2) is 10.8. The number of hydrogen-bond acceptors (Lipinski definition) is 3. The third-order valence-electron chi connectivity index (χ3n) is 5.87. The molecule has 1 N–H and O–H groups in total. The lowest BCUT2D eigenvalue weighted by atomic mass is 9.82. The molecule has 0 aliphatic heterocycles. The number of amides is 1. The van der Waals surface area contributed by atoms with Crippen LogP contribution >= 0.6 is 0 Å². The number of nitrogens with zero attached hydrogens (tertiary/aromatic N) is 3. The molecule has 0 unspecified atom stereocenters. The van der Waals surface area contributed by atoms with Crippen molar-refractivity contribution in [2.75, 3.05) is 20.1 Å². The van der Waals surface area contributed by atoms with Gasteiger partial charge in [0.15, 0.2) is 0 Å². The lowest BCUT2D eigenvalue weighted by Gasteiger charge is -2.37. The van der Waals surface area contributed by atoms with Crippen LogP contribution in [0.2, 0.25) is 0 Å². The Labute approximate surface area is 165 Å². The van der Waals surface area contributed by atoms with E-state index in [4.69, 9.17) is 0 Å². The maximum absolute atomic E-state index is 12.6. The first kappa shape index (κ1) is 21.9. The maximum atomic E-state index is 12.6. The highest BCUT2D eigenvalue weighted by Crippen LogP contribution is 2.35. The van der Waals surface area contributed by atoms with Crippen LogP contribution in [0.25, 0.3) is 0 Å². The molecule has 1 aromatic heterocycles. The second-order valence-corrected chi connectivity index (χ2v) is 8.68. The van der Waals surface area contributed by atoms with Gasteiger partial charge in [0.05, 0.1) is 6.20 Å². The van der Waals surface area contributed by atoms with Crippen LogP contribution in [0, 0.1) is 5.92 Å². The van der Waals surface area contributed by atoms with Gasteiger partial charge in [0.1, 0.15) is 0 Å². The van der Waals surface area contributed by atoms with Crippen molar-refractivity contribution in [1.29, 1.82) is 0 Å². The Balaban J connectivity index is 1.92. The zero-order valence-corrected chi connectivity index (χ0v) is 18.1. The summed E-state index contributed by atoms with van der Waals surface area (Å²) in [5, 5.41) is 7.63. The summed E-state index contributed by atoms with van der Waals surface area (Å²) in [7, 11) is 2.20. The number of H-pyrrole nitrogens is 1. The number of rotatable bonds is 10. The number of aromatic nitrogens is 2. The van der Waals surface area contributed by atoms with E-state index in [9.17, 15) is 4.79 Å². The van der Waals surface area contributed by atoms with Crippen LogP contribution in [-0.4, -0.2) is 52.1 Å². The van der Waals surface area contributed by atoms with E-state index in [1.54, 1.807) is 0 Å². The highest BCUT2D eigenvalue weighted by atomic mass is 16.2. The Morgan fingerprint density at radius 2 is 1.96 bits per heavy atom. The number of hydrogen-bond donors (Lipinski definition) is 1. The lowest BCUT2D eigenvalue weighted by molar-refractivity contribution is -0.134. The zero-order chi connectivity index (χ0) is 19.8. The summed E-state index contributed by atoms with van der Waals surface area (Å²) in [5.41, 5.74) is 2.67. The minimum Gasteiger partial charge on any atom is -0.340 e. The summed E-state index contributed by atoms with van der Waals surface area (Å²) in [4.78, 5) is 17.1. The van der Waals surface area contributed by atoms with Crippen molar-refractivity contribution in [1.82, 2.24) is 20.0 Å². The molecule has 1 amide bonds. The first-order valence-electron chi connectivity index (χ1n) is 11.0. The summed E-state index contributed by atoms with van der Waals surface area (Å²) in [6.07, 6.45) is 9.64. The van der Waals surface area contributed by atoms with Gasteiger partial charge in [0, 0.05) is 42.7 Å². The number of carbonyl (C=O) groups excluding carboxylic acids is 1. The van der Waals surface area contributed by atoms with Crippen LogP contribution in [0.4, 0.5) is 0 Å². The van der Waals surface area contributed by atoms with Crippen molar-refractivity contribution >= 4 is 5.91 Å². The molecule has 1 fully saturated rings. The molecule has 0 atom stereocenters.